The zero-order valence-corrected chi connectivity index (χ0v) is 8.03. The predicted molar refractivity (Wildman–Crippen MR) is 55.6 cm³/mol. The molecule has 2 heterocycles. The van der Waals surface area contributed by atoms with Crippen molar-refractivity contribution in [2.45, 2.75) is 0 Å². The average molecular weight is 200 g/mol. The Kier molecular flexibility index (Phi) is 1.61. The third-order valence-corrected chi connectivity index (χ3v) is 2.77. The summed E-state index contributed by atoms with van der Waals surface area (Å²) < 4.78 is 2.95. The van der Waals surface area contributed by atoms with Gasteiger partial charge >= 0.3 is 0 Å². The zero-order chi connectivity index (χ0) is 9.38. The number of fused-ring (bicyclic) bond motifs is 1. The van der Waals surface area contributed by atoms with Gasteiger partial charge in [0.05, 0.1) is 10.4 Å². The molecule has 2 aromatic heterocycles. The molecule has 1 aromatic carbocycles. The number of benzene rings is 1. The molecule has 0 fully saturated rings. The van der Waals surface area contributed by atoms with E-state index in [1.165, 1.54) is 11.3 Å². The van der Waals surface area contributed by atoms with Gasteiger partial charge < -0.3 is 0 Å². The number of para-hydroxylation sites is 1. The quantitative estimate of drug-likeness (QED) is 0.603. The molecule has 0 amide bonds. The third-order valence-electron chi connectivity index (χ3n) is 2.04. The van der Waals surface area contributed by atoms with E-state index >= 15 is 0 Å². The second-order valence-corrected chi connectivity index (χ2v) is 3.71. The van der Waals surface area contributed by atoms with Crippen molar-refractivity contribution in [3.8, 4) is 5.69 Å². The first-order chi connectivity index (χ1) is 6.95. The number of hydrogen-bond donors (Lipinski definition) is 0. The molecule has 3 nitrogen and oxygen atoms in total. The van der Waals surface area contributed by atoms with Crippen LogP contribution in [0.5, 0.6) is 0 Å². The van der Waals surface area contributed by atoms with Crippen LogP contribution < -0.4 is 0 Å². The van der Waals surface area contributed by atoms with E-state index in [9.17, 15) is 0 Å². The van der Waals surface area contributed by atoms with Crippen molar-refractivity contribution in [1.82, 2.24) is 14.8 Å². The molecule has 0 aliphatic heterocycles. The van der Waals surface area contributed by atoms with E-state index in [0.29, 0.717) is 0 Å². The van der Waals surface area contributed by atoms with E-state index in [0.717, 1.165) is 15.9 Å². The Bertz CT molecular complexity index is 554. The van der Waals surface area contributed by atoms with Crippen LogP contribution in [0.1, 0.15) is 0 Å². The Morgan fingerprint density at radius 1 is 1.29 bits per heavy atom. The van der Waals surface area contributed by atoms with Crippen molar-refractivity contribution in [2.75, 3.05) is 0 Å². The molecule has 3 aromatic rings. The van der Waals surface area contributed by atoms with Gasteiger partial charge in [-0.3, -0.25) is 0 Å². The summed E-state index contributed by atoms with van der Waals surface area (Å²) in [6.45, 7) is 0. The second kappa shape index (κ2) is 2.92. The van der Waals surface area contributed by atoms with Crippen LogP contribution in [-0.4, -0.2) is 14.8 Å². The molecule has 0 N–H and O–H groups in total. The van der Waals surface area contributed by atoms with E-state index < -0.39 is 0 Å². The first-order valence-corrected chi connectivity index (χ1v) is 5.02. The number of nitrogens with zero attached hydrogens (tertiary/aromatic N) is 3. The highest BCUT2D eigenvalue weighted by molar-refractivity contribution is 7.16. The molecule has 0 unspecified atom stereocenters. The molecule has 0 aliphatic carbocycles. The monoisotopic (exact) mass is 200 g/mol. The summed E-state index contributed by atoms with van der Waals surface area (Å²) in [5.41, 5.74) is 4.85. The largest absolute Gasteiger partial charge is 0.239 e. The average Bonchev–Trinajstić information content (AvgIpc) is 2.88. The van der Waals surface area contributed by atoms with Crippen molar-refractivity contribution < 1.29 is 0 Å². The minimum Gasteiger partial charge on any atom is -0.239 e. The number of thiazole rings is 1. The second-order valence-electron chi connectivity index (χ2n) is 2.88. The Balaban J connectivity index is 2.36. The summed E-state index contributed by atoms with van der Waals surface area (Å²) in [7, 11) is 0. The van der Waals surface area contributed by atoms with Gasteiger partial charge in [-0.25, -0.2) is 9.67 Å². The highest BCUT2D eigenvalue weighted by Gasteiger charge is 2.04. The molecule has 4 heteroatoms. The Hall–Kier alpha value is -1.68. The SMILES string of the molecule is [c]1nc2c(-n3cccn3)cccc2s1. The minimum atomic E-state index is 0.959. The smallest absolute Gasteiger partial charge is 0.153 e. The molecule has 0 atom stereocenters. The van der Waals surface area contributed by atoms with Gasteiger partial charge in [0, 0.05) is 12.4 Å². The molecule has 67 valence electrons. The Morgan fingerprint density at radius 3 is 3.14 bits per heavy atom. The van der Waals surface area contributed by atoms with Gasteiger partial charge in [0.2, 0.25) is 0 Å². The van der Waals surface area contributed by atoms with Gasteiger partial charge in [0.15, 0.2) is 5.51 Å². The van der Waals surface area contributed by atoms with Gasteiger partial charge in [-0.1, -0.05) is 6.07 Å². The van der Waals surface area contributed by atoms with E-state index in [1.54, 1.807) is 6.20 Å². The van der Waals surface area contributed by atoms with Gasteiger partial charge in [-0.15, -0.1) is 11.3 Å². The lowest BCUT2D eigenvalue weighted by molar-refractivity contribution is 0.885. The summed E-state index contributed by atoms with van der Waals surface area (Å²) in [6, 6.07) is 7.94. The summed E-state index contributed by atoms with van der Waals surface area (Å²) in [5, 5.41) is 4.18. The lowest BCUT2D eigenvalue weighted by atomic mass is 10.3. The lowest BCUT2D eigenvalue weighted by Gasteiger charge is -2.00. The van der Waals surface area contributed by atoms with Crippen molar-refractivity contribution in [3.05, 3.63) is 42.2 Å². The molecule has 0 spiro atoms. The Morgan fingerprint density at radius 2 is 2.29 bits per heavy atom. The van der Waals surface area contributed by atoms with Crippen LogP contribution >= 0.6 is 11.3 Å². The van der Waals surface area contributed by atoms with Crippen LogP contribution in [0, 0.1) is 5.51 Å². The predicted octanol–water partition coefficient (Wildman–Crippen LogP) is 2.28. The lowest BCUT2D eigenvalue weighted by Crippen LogP contribution is -1.94. The standard InChI is InChI=1S/C10H6N3S/c1-3-8(13-6-2-5-12-13)10-9(4-1)14-7-11-10/h1-6H. The maximum atomic E-state index is 4.21. The van der Waals surface area contributed by atoms with Gasteiger partial charge in [0.25, 0.3) is 0 Å². The first kappa shape index (κ1) is 7.70. The van der Waals surface area contributed by atoms with Crippen LogP contribution in [0.3, 0.4) is 0 Å². The molecule has 1 radical (unpaired) electrons. The molecular formula is C10H6N3S. The highest BCUT2D eigenvalue weighted by atomic mass is 32.1. The molecule has 0 aliphatic rings. The molecule has 0 bridgehead atoms. The maximum absolute atomic E-state index is 4.21. The van der Waals surface area contributed by atoms with Crippen molar-refractivity contribution in [2.24, 2.45) is 0 Å². The molecule has 0 saturated carbocycles. The fourth-order valence-electron chi connectivity index (χ4n) is 1.42. The summed E-state index contributed by atoms with van der Waals surface area (Å²) in [5.74, 6) is 0. The molecule has 0 saturated heterocycles. The topological polar surface area (TPSA) is 30.7 Å². The summed E-state index contributed by atoms with van der Waals surface area (Å²) >= 11 is 1.52. The van der Waals surface area contributed by atoms with Crippen LogP contribution in [-0.2, 0) is 0 Å². The maximum Gasteiger partial charge on any atom is 0.153 e. The van der Waals surface area contributed by atoms with Crippen LogP contribution in [0.4, 0.5) is 0 Å². The normalized spacial score (nSPS) is 10.9. The highest BCUT2D eigenvalue weighted by Crippen LogP contribution is 2.22. The fourth-order valence-corrected chi connectivity index (χ4v) is 2.05. The fraction of sp³-hybridized carbons (Fsp3) is 0. The van der Waals surface area contributed by atoms with Gasteiger partial charge in [0.1, 0.15) is 5.52 Å². The zero-order valence-electron chi connectivity index (χ0n) is 7.21. The first-order valence-electron chi connectivity index (χ1n) is 4.21. The van der Waals surface area contributed by atoms with E-state index in [2.05, 4.69) is 15.6 Å². The van der Waals surface area contributed by atoms with Crippen molar-refractivity contribution in [3.63, 3.8) is 0 Å². The number of rotatable bonds is 1. The Labute approximate surface area is 84.6 Å². The van der Waals surface area contributed by atoms with E-state index in [1.807, 2.05) is 35.1 Å². The van der Waals surface area contributed by atoms with Crippen LogP contribution in [0.2, 0.25) is 0 Å². The van der Waals surface area contributed by atoms with Crippen LogP contribution in [0.25, 0.3) is 15.9 Å². The number of hydrogen-bond acceptors (Lipinski definition) is 3. The molecule has 3 rings (SSSR count). The van der Waals surface area contributed by atoms with E-state index in [-0.39, 0.29) is 0 Å². The number of aromatic nitrogens is 3. The molecular weight excluding hydrogens is 194 g/mol. The summed E-state index contributed by atoms with van der Waals surface area (Å²) in [4.78, 5) is 4.21. The summed E-state index contributed by atoms with van der Waals surface area (Å²) in [6.07, 6.45) is 3.67. The van der Waals surface area contributed by atoms with Crippen LogP contribution in [0.15, 0.2) is 36.7 Å². The van der Waals surface area contributed by atoms with Gasteiger partial charge in [-0.05, 0) is 18.2 Å². The van der Waals surface area contributed by atoms with Gasteiger partial charge in [-0.2, -0.15) is 5.10 Å². The van der Waals surface area contributed by atoms with Crippen molar-refractivity contribution in [1.29, 1.82) is 0 Å². The third kappa shape index (κ3) is 1.04. The molecule has 14 heavy (non-hydrogen) atoms. The van der Waals surface area contributed by atoms with Crippen molar-refractivity contribution >= 4 is 21.6 Å². The minimum absolute atomic E-state index is 0.959. The van der Waals surface area contributed by atoms with E-state index in [4.69, 9.17) is 0 Å².